The molecule has 2 aliphatic rings. The minimum Gasteiger partial charge on any atom is -0.497 e. The van der Waals surface area contributed by atoms with Crippen molar-refractivity contribution in [3.63, 3.8) is 0 Å². The molecule has 2 aliphatic heterocycles. The van der Waals surface area contributed by atoms with Crippen LogP contribution in [0.15, 0.2) is 18.2 Å². The van der Waals surface area contributed by atoms with E-state index in [-0.39, 0.29) is 11.8 Å². The summed E-state index contributed by atoms with van der Waals surface area (Å²) in [5.41, 5.74) is 0.891. The summed E-state index contributed by atoms with van der Waals surface area (Å²) < 4.78 is 6.23. The molecule has 0 radical (unpaired) electrons. The van der Waals surface area contributed by atoms with Crippen LogP contribution in [0.25, 0.3) is 10.2 Å². The molecule has 6 heteroatoms. The Bertz CT molecular complexity index is 699. The number of nitrogens with one attached hydrogen (secondary N) is 2. The molecule has 2 fully saturated rings. The zero-order chi connectivity index (χ0) is 14.4. The van der Waals surface area contributed by atoms with Crippen molar-refractivity contribution in [2.24, 2.45) is 5.92 Å². The van der Waals surface area contributed by atoms with Gasteiger partial charge < -0.3 is 15.4 Å². The predicted octanol–water partition coefficient (Wildman–Crippen LogP) is 2.38. The Kier molecular flexibility index (Phi) is 3.08. The number of methoxy groups -OCH3 is 1. The van der Waals surface area contributed by atoms with E-state index in [1.807, 2.05) is 18.2 Å². The van der Waals surface area contributed by atoms with Crippen molar-refractivity contribution in [3.8, 4) is 5.75 Å². The highest BCUT2D eigenvalue weighted by Crippen LogP contribution is 2.35. The maximum Gasteiger partial charge on any atom is 0.230 e. The number of rotatable bonds is 3. The number of amides is 1. The molecular weight excluding hydrogens is 286 g/mol. The highest BCUT2D eigenvalue weighted by molar-refractivity contribution is 7.22. The monoisotopic (exact) mass is 303 g/mol. The van der Waals surface area contributed by atoms with Gasteiger partial charge in [0.15, 0.2) is 5.13 Å². The highest BCUT2D eigenvalue weighted by Gasteiger charge is 2.42. The summed E-state index contributed by atoms with van der Waals surface area (Å²) in [4.78, 5) is 16.9. The van der Waals surface area contributed by atoms with Gasteiger partial charge in [-0.3, -0.25) is 4.79 Å². The Labute approximate surface area is 126 Å². The largest absolute Gasteiger partial charge is 0.497 e. The molecule has 2 aromatic rings. The molecule has 2 N–H and O–H groups in total. The molecule has 3 unspecified atom stereocenters. The molecule has 110 valence electrons. The Morgan fingerprint density at radius 3 is 3.10 bits per heavy atom. The zero-order valence-corrected chi connectivity index (χ0v) is 12.6. The van der Waals surface area contributed by atoms with Gasteiger partial charge >= 0.3 is 0 Å². The topological polar surface area (TPSA) is 63.2 Å². The maximum absolute atomic E-state index is 12.4. The van der Waals surface area contributed by atoms with Crippen molar-refractivity contribution < 1.29 is 9.53 Å². The van der Waals surface area contributed by atoms with Crippen molar-refractivity contribution in [1.29, 1.82) is 0 Å². The average molecular weight is 303 g/mol. The second kappa shape index (κ2) is 4.96. The Hall–Kier alpha value is -1.66. The fourth-order valence-corrected chi connectivity index (χ4v) is 4.29. The molecule has 5 nitrogen and oxygen atoms in total. The lowest BCUT2D eigenvalue weighted by atomic mass is 9.88. The van der Waals surface area contributed by atoms with E-state index in [2.05, 4.69) is 15.6 Å². The molecule has 2 bridgehead atoms. The van der Waals surface area contributed by atoms with Crippen LogP contribution >= 0.6 is 11.3 Å². The predicted molar refractivity (Wildman–Crippen MR) is 82.9 cm³/mol. The molecule has 1 amide bonds. The summed E-state index contributed by atoms with van der Waals surface area (Å²) in [6, 6.07) is 6.63. The zero-order valence-electron chi connectivity index (χ0n) is 11.8. The first kappa shape index (κ1) is 13.0. The molecule has 3 atom stereocenters. The minimum atomic E-state index is 0.0882. The number of ether oxygens (including phenoxy) is 1. The van der Waals surface area contributed by atoms with Gasteiger partial charge in [0.1, 0.15) is 5.75 Å². The van der Waals surface area contributed by atoms with E-state index in [1.54, 1.807) is 7.11 Å². The molecule has 1 aromatic carbocycles. The van der Waals surface area contributed by atoms with Crippen LogP contribution in [0.4, 0.5) is 5.13 Å². The van der Waals surface area contributed by atoms with Crippen molar-refractivity contribution >= 4 is 32.6 Å². The lowest BCUT2D eigenvalue weighted by molar-refractivity contribution is -0.120. The van der Waals surface area contributed by atoms with Crippen molar-refractivity contribution in [2.45, 2.75) is 31.3 Å². The molecule has 0 spiro atoms. The van der Waals surface area contributed by atoms with E-state index in [9.17, 15) is 4.79 Å². The number of thiazole rings is 1. The first-order chi connectivity index (χ1) is 10.2. The number of fused-ring (bicyclic) bond motifs is 3. The van der Waals surface area contributed by atoms with E-state index >= 15 is 0 Å². The third-order valence-electron chi connectivity index (χ3n) is 4.46. The molecule has 2 saturated heterocycles. The van der Waals surface area contributed by atoms with Gasteiger partial charge in [0.2, 0.25) is 5.91 Å². The van der Waals surface area contributed by atoms with Crippen LogP contribution in [-0.4, -0.2) is 30.1 Å². The van der Waals surface area contributed by atoms with Gasteiger partial charge in [-0.1, -0.05) is 11.3 Å². The van der Waals surface area contributed by atoms with Crippen LogP contribution in [0.1, 0.15) is 19.3 Å². The molecular formula is C15H17N3O2S. The fraction of sp³-hybridized carbons (Fsp3) is 0.467. The summed E-state index contributed by atoms with van der Waals surface area (Å²) >= 11 is 1.49. The van der Waals surface area contributed by atoms with Gasteiger partial charge in [0.05, 0.1) is 23.2 Å². The second-order valence-corrected chi connectivity index (χ2v) is 6.76. The van der Waals surface area contributed by atoms with Crippen LogP contribution in [0.5, 0.6) is 5.75 Å². The number of nitrogens with zero attached hydrogens (tertiary/aromatic N) is 1. The number of carbonyl (C=O) groups is 1. The van der Waals surface area contributed by atoms with Crippen LogP contribution < -0.4 is 15.4 Å². The summed E-state index contributed by atoms with van der Waals surface area (Å²) in [7, 11) is 1.65. The number of carbonyl (C=O) groups excluding carboxylic acids is 1. The Balaban J connectivity index is 1.52. The number of hydrogen-bond acceptors (Lipinski definition) is 5. The molecule has 1 aromatic heterocycles. The normalized spacial score (nSPS) is 27.2. The van der Waals surface area contributed by atoms with E-state index < -0.39 is 0 Å². The van der Waals surface area contributed by atoms with Crippen molar-refractivity contribution in [2.75, 3.05) is 12.4 Å². The quantitative estimate of drug-likeness (QED) is 0.914. The number of benzene rings is 1. The second-order valence-electron chi connectivity index (χ2n) is 5.73. The number of hydrogen-bond donors (Lipinski definition) is 2. The standard InChI is InChI=1S/C15H17N3O2S/c1-20-9-3-5-12-13(7-9)21-15(17-12)18-14(19)10-6-8-2-4-11(10)16-8/h3,5,7-8,10-11,16H,2,4,6H2,1H3,(H,17,18,19). The molecule has 0 saturated carbocycles. The molecule has 4 rings (SSSR count). The van der Waals surface area contributed by atoms with Gasteiger partial charge in [-0.15, -0.1) is 0 Å². The van der Waals surface area contributed by atoms with E-state index in [4.69, 9.17) is 4.74 Å². The average Bonchev–Trinajstić information content (AvgIpc) is 3.20. The van der Waals surface area contributed by atoms with Gasteiger partial charge in [0.25, 0.3) is 0 Å². The van der Waals surface area contributed by atoms with Crippen LogP contribution in [0.2, 0.25) is 0 Å². The maximum atomic E-state index is 12.4. The summed E-state index contributed by atoms with van der Waals surface area (Å²) in [5.74, 6) is 0.993. The third-order valence-corrected chi connectivity index (χ3v) is 5.40. The minimum absolute atomic E-state index is 0.0882. The van der Waals surface area contributed by atoms with Crippen LogP contribution in [0, 0.1) is 5.92 Å². The summed E-state index contributed by atoms with van der Waals surface area (Å²) in [5, 5.41) is 7.15. The molecule has 3 heterocycles. The third kappa shape index (κ3) is 2.28. The van der Waals surface area contributed by atoms with Crippen molar-refractivity contribution in [1.82, 2.24) is 10.3 Å². The van der Waals surface area contributed by atoms with Gasteiger partial charge in [-0.05, 0) is 37.5 Å². The van der Waals surface area contributed by atoms with Crippen molar-refractivity contribution in [3.05, 3.63) is 18.2 Å². The lowest BCUT2D eigenvalue weighted by Gasteiger charge is -2.18. The van der Waals surface area contributed by atoms with E-state index in [0.717, 1.165) is 28.8 Å². The lowest BCUT2D eigenvalue weighted by Crippen LogP contribution is -2.32. The summed E-state index contributed by atoms with van der Waals surface area (Å²) in [6.45, 7) is 0. The first-order valence-electron chi connectivity index (χ1n) is 7.24. The first-order valence-corrected chi connectivity index (χ1v) is 8.06. The van der Waals surface area contributed by atoms with Gasteiger partial charge in [-0.25, -0.2) is 4.98 Å². The van der Waals surface area contributed by atoms with E-state index in [1.165, 1.54) is 17.8 Å². The van der Waals surface area contributed by atoms with Crippen LogP contribution in [0.3, 0.4) is 0 Å². The summed E-state index contributed by atoms with van der Waals surface area (Å²) in [6.07, 6.45) is 3.27. The highest BCUT2D eigenvalue weighted by atomic mass is 32.1. The number of anilines is 1. The van der Waals surface area contributed by atoms with Gasteiger partial charge in [-0.2, -0.15) is 0 Å². The van der Waals surface area contributed by atoms with Gasteiger partial charge in [0, 0.05) is 12.1 Å². The number of aromatic nitrogens is 1. The van der Waals surface area contributed by atoms with E-state index in [0.29, 0.717) is 17.2 Å². The van der Waals surface area contributed by atoms with Crippen LogP contribution in [-0.2, 0) is 4.79 Å². The SMILES string of the molecule is COc1ccc2nc(NC(=O)C3CC4CCC3N4)sc2c1. The Morgan fingerprint density at radius 2 is 2.38 bits per heavy atom. The smallest absolute Gasteiger partial charge is 0.230 e. The fourth-order valence-electron chi connectivity index (χ4n) is 3.40. The molecule has 0 aliphatic carbocycles. The Morgan fingerprint density at radius 1 is 1.48 bits per heavy atom. The molecule has 21 heavy (non-hydrogen) atoms.